The smallest absolute Gasteiger partial charge is 0.223 e. The van der Waals surface area contributed by atoms with Gasteiger partial charge in [-0.2, -0.15) is 5.26 Å². The zero-order valence-electron chi connectivity index (χ0n) is 15.6. The minimum atomic E-state index is -0.317. The molecule has 0 aliphatic carbocycles. The fourth-order valence-electron chi connectivity index (χ4n) is 2.23. The number of nitrogens with zero attached hydrogens (tertiary/aromatic N) is 3. The van der Waals surface area contributed by atoms with Crippen LogP contribution in [0.1, 0.15) is 37.4 Å². The van der Waals surface area contributed by atoms with Crippen LogP contribution in [0.5, 0.6) is 0 Å². The average molecular weight is 365 g/mol. The number of allylic oxidation sites excluding steroid dienone is 3. The molecule has 5 nitrogen and oxygen atoms in total. The Kier molecular flexibility index (Phi) is 8.96. The van der Waals surface area contributed by atoms with E-state index in [4.69, 9.17) is 11.0 Å². The summed E-state index contributed by atoms with van der Waals surface area (Å²) in [4.78, 5) is 8.24. The molecule has 1 unspecified atom stereocenters. The summed E-state index contributed by atoms with van der Waals surface area (Å²) in [6, 6.07) is 7.84. The molecule has 0 aliphatic heterocycles. The summed E-state index contributed by atoms with van der Waals surface area (Å²) in [6.07, 6.45) is 6.75. The summed E-state index contributed by atoms with van der Waals surface area (Å²) in [5.41, 5.74) is 8.27. The van der Waals surface area contributed by atoms with Gasteiger partial charge in [0.1, 0.15) is 11.9 Å². The lowest BCUT2D eigenvalue weighted by atomic mass is 9.97. The first-order valence-corrected chi connectivity index (χ1v) is 8.54. The minimum Gasteiger partial charge on any atom is -0.399 e. The number of halogens is 1. The molecule has 6 heteroatoms. The highest BCUT2D eigenvalue weighted by atomic mass is 19.1. The minimum absolute atomic E-state index is 0.264. The molecule has 2 rings (SSSR count). The molecule has 0 amide bonds. The lowest BCUT2D eigenvalue weighted by Crippen LogP contribution is -2.15. The van der Waals surface area contributed by atoms with Crippen molar-refractivity contribution in [3.63, 3.8) is 0 Å². The molecule has 27 heavy (non-hydrogen) atoms. The molecule has 0 spiro atoms. The van der Waals surface area contributed by atoms with Gasteiger partial charge in [-0.05, 0) is 29.7 Å². The number of rotatable bonds is 7. The van der Waals surface area contributed by atoms with Crippen molar-refractivity contribution in [1.29, 1.82) is 5.26 Å². The van der Waals surface area contributed by atoms with Crippen molar-refractivity contribution in [2.45, 2.75) is 26.3 Å². The Bertz CT molecular complexity index is 817. The summed E-state index contributed by atoms with van der Waals surface area (Å²) < 4.78 is 13.2. The molecule has 0 aliphatic rings. The van der Waals surface area contributed by atoms with Crippen LogP contribution >= 0.6 is 0 Å². The predicted octanol–water partition coefficient (Wildman–Crippen LogP) is 4.64. The van der Waals surface area contributed by atoms with Gasteiger partial charge in [-0.1, -0.05) is 51.3 Å². The first-order chi connectivity index (χ1) is 13.0. The van der Waals surface area contributed by atoms with Crippen LogP contribution in [0.15, 0.2) is 73.2 Å². The standard InChI is InChI=1S/C19H18FN5.C2H6/c1-3-4-16(13(2)22)9-18(15-5-7-17(20)8-6-15)25-19-23-11-14(10-21)12-24-19;1-2/h3-8,11-12,18H,1-2,9,22H2,(H,23,24,25);1-2H3/b16-4-;. The van der Waals surface area contributed by atoms with E-state index >= 15 is 0 Å². The number of nitrogens with one attached hydrogen (secondary N) is 1. The topological polar surface area (TPSA) is 87.6 Å². The second-order valence-electron chi connectivity index (χ2n) is 5.31. The van der Waals surface area contributed by atoms with Crippen LogP contribution in [0, 0.1) is 17.1 Å². The third-order valence-electron chi connectivity index (χ3n) is 3.51. The summed E-state index contributed by atoms with van der Waals surface area (Å²) in [6.45, 7) is 11.5. The van der Waals surface area contributed by atoms with Crippen LogP contribution in [0.25, 0.3) is 0 Å². The van der Waals surface area contributed by atoms with E-state index in [9.17, 15) is 4.39 Å². The zero-order valence-corrected chi connectivity index (χ0v) is 15.6. The lowest BCUT2D eigenvalue weighted by molar-refractivity contribution is 0.625. The van der Waals surface area contributed by atoms with E-state index in [2.05, 4.69) is 28.4 Å². The molecule has 0 saturated heterocycles. The van der Waals surface area contributed by atoms with Crippen molar-refractivity contribution < 1.29 is 4.39 Å². The molecule has 0 radical (unpaired) electrons. The Morgan fingerprint density at radius 2 is 1.89 bits per heavy atom. The summed E-state index contributed by atoms with van der Waals surface area (Å²) in [5, 5.41) is 12.0. The van der Waals surface area contributed by atoms with Crippen molar-refractivity contribution in [3.05, 3.63) is 90.2 Å². The van der Waals surface area contributed by atoms with E-state index in [1.807, 2.05) is 19.9 Å². The number of benzene rings is 1. The second-order valence-corrected chi connectivity index (χ2v) is 5.31. The molecule has 140 valence electrons. The van der Waals surface area contributed by atoms with E-state index in [1.165, 1.54) is 24.5 Å². The Balaban J connectivity index is 0.00000176. The molecule has 0 fully saturated rings. The maximum atomic E-state index is 13.2. The number of aromatic nitrogens is 2. The normalized spacial score (nSPS) is 11.4. The fourth-order valence-corrected chi connectivity index (χ4v) is 2.23. The first kappa shape index (κ1) is 21.6. The lowest BCUT2D eigenvalue weighted by Gasteiger charge is -2.21. The molecule has 0 saturated carbocycles. The predicted molar refractivity (Wildman–Crippen MR) is 107 cm³/mol. The molecule has 0 bridgehead atoms. The van der Waals surface area contributed by atoms with Crippen LogP contribution in [0.4, 0.5) is 10.3 Å². The van der Waals surface area contributed by atoms with Gasteiger partial charge in [0, 0.05) is 5.70 Å². The highest BCUT2D eigenvalue weighted by Gasteiger charge is 2.16. The van der Waals surface area contributed by atoms with Gasteiger partial charge in [0.15, 0.2) is 0 Å². The zero-order chi connectivity index (χ0) is 20.2. The highest BCUT2D eigenvalue weighted by molar-refractivity contribution is 5.38. The van der Waals surface area contributed by atoms with Gasteiger partial charge in [-0.3, -0.25) is 0 Å². The molecule has 3 N–H and O–H groups in total. The van der Waals surface area contributed by atoms with Gasteiger partial charge in [-0.25, -0.2) is 14.4 Å². The van der Waals surface area contributed by atoms with E-state index in [0.29, 0.717) is 23.6 Å². The van der Waals surface area contributed by atoms with Gasteiger partial charge < -0.3 is 11.1 Å². The summed E-state index contributed by atoms with van der Waals surface area (Å²) >= 11 is 0. The number of hydrogen-bond donors (Lipinski definition) is 2. The Hall–Kier alpha value is -3.46. The molecule has 1 atom stereocenters. The maximum Gasteiger partial charge on any atom is 0.223 e. The van der Waals surface area contributed by atoms with Gasteiger partial charge in [0.2, 0.25) is 5.95 Å². The molecule has 2 aromatic rings. The Morgan fingerprint density at radius 3 is 2.37 bits per heavy atom. The van der Waals surface area contributed by atoms with Crippen LogP contribution in [-0.2, 0) is 0 Å². The monoisotopic (exact) mass is 365 g/mol. The van der Waals surface area contributed by atoms with Gasteiger partial charge in [0.05, 0.1) is 24.0 Å². The van der Waals surface area contributed by atoms with Crippen LogP contribution in [-0.4, -0.2) is 9.97 Å². The fraction of sp³-hybridized carbons (Fsp3) is 0.190. The molecule has 1 aromatic heterocycles. The number of anilines is 1. The van der Waals surface area contributed by atoms with Crippen molar-refractivity contribution >= 4 is 5.95 Å². The number of hydrogen-bond acceptors (Lipinski definition) is 5. The van der Waals surface area contributed by atoms with E-state index in [0.717, 1.165) is 11.1 Å². The molecular formula is C21H24FN5. The summed E-state index contributed by atoms with van der Waals surface area (Å²) in [7, 11) is 0. The van der Waals surface area contributed by atoms with E-state index in [-0.39, 0.29) is 11.9 Å². The maximum absolute atomic E-state index is 13.2. The summed E-state index contributed by atoms with van der Waals surface area (Å²) in [5.74, 6) is 0.0381. The number of nitrogens with two attached hydrogens (primary N) is 1. The third-order valence-corrected chi connectivity index (χ3v) is 3.51. The Morgan fingerprint density at radius 1 is 1.30 bits per heavy atom. The van der Waals surface area contributed by atoms with Crippen molar-refractivity contribution in [1.82, 2.24) is 9.97 Å². The van der Waals surface area contributed by atoms with Gasteiger partial charge in [0.25, 0.3) is 0 Å². The quantitative estimate of drug-likeness (QED) is 0.698. The SMILES string of the molecule is C=C/C=C(/CC(Nc1ncc(C#N)cn1)c1ccc(F)cc1)C(=C)N.CC. The van der Waals surface area contributed by atoms with Crippen molar-refractivity contribution in [3.8, 4) is 6.07 Å². The molecule has 1 aromatic carbocycles. The second kappa shape index (κ2) is 11.2. The van der Waals surface area contributed by atoms with E-state index in [1.54, 1.807) is 24.3 Å². The largest absolute Gasteiger partial charge is 0.399 e. The molecule has 1 heterocycles. The molecular weight excluding hydrogens is 341 g/mol. The average Bonchev–Trinajstić information content (AvgIpc) is 2.69. The van der Waals surface area contributed by atoms with Crippen LogP contribution in [0.3, 0.4) is 0 Å². The van der Waals surface area contributed by atoms with Gasteiger partial charge in [-0.15, -0.1) is 0 Å². The Labute approximate surface area is 159 Å². The van der Waals surface area contributed by atoms with E-state index < -0.39 is 0 Å². The highest BCUT2D eigenvalue weighted by Crippen LogP contribution is 2.26. The van der Waals surface area contributed by atoms with Crippen LogP contribution in [0.2, 0.25) is 0 Å². The van der Waals surface area contributed by atoms with Crippen molar-refractivity contribution in [2.75, 3.05) is 5.32 Å². The van der Waals surface area contributed by atoms with Crippen LogP contribution < -0.4 is 11.1 Å². The van der Waals surface area contributed by atoms with Crippen molar-refractivity contribution in [2.24, 2.45) is 5.73 Å². The third kappa shape index (κ3) is 6.75. The number of nitriles is 1. The first-order valence-electron chi connectivity index (χ1n) is 8.54. The van der Waals surface area contributed by atoms with Gasteiger partial charge >= 0.3 is 0 Å².